The van der Waals surface area contributed by atoms with E-state index < -0.39 is 11.7 Å². The number of halogens is 2. The highest BCUT2D eigenvalue weighted by atomic mass is 79.9. The van der Waals surface area contributed by atoms with E-state index in [-0.39, 0.29) is 18.2 Å². The number of rotatable bonds is 3. The molecule has 1 heterocycles. The first-order valence-corrected chi connectivity index (χ1v) is 8.36. The van der Waals surface area contributed by atoms with Crippen LogP contribution in [0.5, 0.6) is 0 Å². The summed E-state index contributed by atoms with van der Waals surface area (Å²) in [6.45, 7) is 2.28. The number of benzene rings is 2. The molecule has 24 heavy (non-hydrogen) atoms. The maximum atomic E-state index is 13.2. The summed E-state index contributed by atoms with van der Waals surface area (Å²) in [7, 11) is 0. The molecule has 2 aromatic rings. The minimum atomic E-state index is -0.464. The molecular weight excluding hydrogens is 375 g/mol. The van der Waals surface area contributed by atoms with Crippen molar-refractivity contribution in [3.8, 4) is 0 Å². The Labute approximate surface area is 147 Å². The van der Waals surface area contributed by atoms with Gasteiger partial charge in [-0.3, -0.25) is 9.59 Å². The zero-order valence-corrected chi connectivity index (χ0v) is 14.6. The predicted molar refractivity (Wildman–Crippen MR) is 94.4 cm³/mol. The van der Waals surface area contributed by atoms with E-state index in [0.29, 0.717) is 12.2 Å². The second kappa shape index (κ2) is 6.73. The largest absolute Gasteiger partial charge is 0.326 e. The number of hydrogen-bond donors (Lipinski definition) is 1. The van der Waals surface area contributed by atoms with Crippen LogP contribution in [0.3, 0.4) is 0 Å². The summed E-state index contributed by atoms with van der Waals surface area (Å²) < 4.78 is 14.0. The van der Waals surface area contributed by atoms with E-state index in [4.69, 9.17) is 0 Å². The average molecular weight is 391 g/mol. The van der Waals surface area contributed by atoms with Gasteiger partial charge in [-0.05, 0) is 58.7 Å². The summed E-state index contributed by atoms with van der Waals surface area (Å²) in [5.74, 6) is -1.26. The topological polar surface area (TPSA) is 49.4 Å². The Morgan fingerprint density at radius 2 is 2.08 bits per heavy atom. The van der Waals surface area contributed by atoms with E-state index in [2.05, 4.69) is 21.2 Å². The van der Waals surface area contributed by atoms with Crippen LogP contribution in [0.1, 0.15) is 12.0 Å². The first kappa shape index (κ1) is 16.6. The average Bonchev–Trinajstić information content (AvgIpc) is 2.89. The second-order valence-electron chi connectivity index (χ2n) is 5.86. The number of anilines is 2. The summed E-state index contributed by atoms with van der Waals surface area (Å²) in [4.78, 5) is 26.3. The molecule has 2 aromatic carbocycles. The third-order valence-corrected chi connectivity index (χ3v) is 4.62. The standard InChI is InChI=1S/C18H16BrFN2O2/c1-11-5-6-16(15(19)7-11)22-10-12(8-17(22)23)18(24)21-14-4-2-3-13(20)9-14/h2-7,9,12H,8,10H2,1H3,(H,21,24). The van der Waals surface area contributed by atoms with Crippen LogP contribution in [0.4, 0.5) is 15.8 Å². The van der Waals surface area contributed by atoms with Gasteiger partial charge in [-0.25, -0.2) is 4.39 Å². The maximum Gasteiger partial charge on any atom is 0.229 e. The molecule has 0 radical (unpaired) electrons. The summed E-state index contributed by atoms with van der Waals surface area (Å²) in [5, 5.41) is 2.67. The lowest BCUT2D eigenvalue weighted by Gasteiger charge is -2.18. The molecule has 2 amide bonds. The van der Waals surface area contributed by atoms with Gasteiger partial charge in [-0.15, -0.1) is 0 Å². The molecule has 4 nitrogen and oxygen atoms in total. The highest BCUT2D eigenvalue weighted by molar-refractivity contribution is 9.10. The normalized spacial score (nSPS) is 17.2. The van der Waals surface area contributed by atoms with Gasteiger partial charge in [0.15, 0.2) is 0 Å². The molecule has 6 heteroatoms. The predicted octanol–water partition coefficient (Wildman–Crippen LogP) is 3.89. The minimum absolute atomic E-state index is 0.0982. The molecule has 1 unspecified atom stereocenters. The number of amides is 2. The van der Waals surface area contributed by atoms with Crippen LogP contribution < -0.4 is 10.2 Å². The lowest BCUT2D eigenvalue weighted by atomic mass is 10.1. The fourth-order valence-electron chi connectivity index (χ4n) is 2.76. The molecule has 0 aromatic heterocycles. The first-order valence-electron chi connectivity index (χ1n) is 7.57. The van der Waals surface area contributed by atoms with Crippen LogP contribution in [0, 0.1) is 18.7 Å². The SMILES string of the molecule is Cc1ccc(N2CC(C(=O)Nc3cccc(F)c3)CC2=O)c(Br)c1. The van der Waals surface area contributed by atoms with E-state index in [1.54, 1.807) is 11.0 Å². The van der Waals surface area contributed by atoms with Crippen molar-refractivity contribution in [1.29, 1.82) is 0 Å². The van der Waals surface area contributed by atoms with Gasteiger partial charge in [0, 0.05) is 23.1 Å². The van der Waals surface area contributed by atoms with Crippen LogP contribution in [0.2, 0.25) is 0 Å². The van der Waals surface area contributed by atoms with Crippen molar-refractivity contribution in [2.75, 3.05) is 16.8 Å². The van der Waals surface area contributed by atoms with Gasteiger partial charge in [0.1, 0.15) is 5.82 Å². The zero-order valence-electron chi connectivity index (χ0n) is 13.1. The minimum Gasteiger partial charge on any atom is -0.326 e. The molecule has 1 fully saturated rings. The first-order chi connectivity index (χ1) is 11.4. The number of nitrogens with one attached hydrogen (secondary N) is 1. The molecule has 0 aliphatic carbocycles. The molecular formula is C18H16BrFN2O2. The van der Waals surface area contributed by atoms with Crippen molar-refractivity contribution < 1.29 is 14.0 Å². The molecule has 1 aliphatic heterocycles. The Bertz CT molecular complexity index is 809. The Balaban J connectivity index is 1.73. The van der Waals surface area contributed by atoms with E-state index in [0.717, 1.165) is 15.7 Å². The fraction of sp³-hybridized carbons (Fsp3) is 0.222. The van der Waals surface area contributed by atoms with Crippen molar-refractivity contribution in [3.63, 3.8) is 0 Å². The molecule has 124 valence electrons. The van der Waals surface area contributed by atoms with Crippen molar-refractivity contribution in [1.82, 2.24) is 0 Å². The lowest BCUT2D eigenvalue weighted by molar-refractivity contribution is -0.122. The van der Waals surface area contributed by atoms with Gasteiger partial charge in [-0.2, -0.15) is 0 Å². The van der Waals surface area contributed by atoms with Crippen LogP contribution in [-0.4, -0.2) is 18.4 Å². The fourth-order valence-corrected chi connectivity index (χ4v) is 3.46. The van der Waals surface area contributed by atoms with Crippen LogP contribution >= 0.6 is 15.9 Å². The maximum absolute atomic E-state index is 13.2. The van der Waals surface area contributed by atoms with E-state index in [1.165, 1.54) is 18.2 Å². The quantitative estimate of drug-likeness (QED) is 0.863. The summed E-state index contributed by atoms with van der Waals surface area (Å²) >= 11 is 3.47. The number of carbonyl (C=O) groups is 2. The van der Waals surface area contributed by atoms with Gasteiger partial charge < -0.3 is 10.2 Å². The molecule has 1 saturated heterocycles. The Hall–Kier alpha value is -2.21. The van der Waals surface area contributed by atoms with Crippen molar-refractivity contribution in [3.05, 3.63) is 58.3 Å². The van der Waals surface area contributed by atoms with Crippen LogP contribution in [-0.2, 0) is 9.59 Å². The third-order valence-electron chi connectivity index (χ3n) is 3.98. The van der Waals surface area contributed by atoms with Gasteiger partial charge in [0.25, 0.3) is 0 Å². The molecule has 1 N–H and O–H groups in total. The molecule has 0 saturated carbocycles. The van der Waals surface area contributed by atoms with Crippen molar-refractivity contribution in [2.24, 2.45) is 5.92 Å². The lowest BCUT2D eigenvalue weighted by Crippen LogP contribution is -2.28. The Morgan fingerprint density at radius 3 is 2.79 bits per heavy atom. The van der Waals surface area contributed by atoms with E-state index in [9.17, 15) is 14.0 Å². The molecule has 1 aliphatic rings. The monoisotopic (exact) mass is 390 g/mol. The van der Waals surface area contributed by atoms with Crippen LogP contribution in [0.15, 0.2) is 46.9 Å². The van der Waals surface area contributed by atoms with Gasteiger partial charge in [-0.1, -0.05) is 12.1 Å². The highest BCUT2D eigenvalue weighted by Crippen LogP contribution is 2.32. The molecule has 0 bridgehead atoms. The van der Waals surface area contributed by atoms with Gasteiger partial charge in [0.05, 0.1) is 11.6 Å². The number of carbonyl (C=O) groups excluding carboxylic acids is 2. The van der Waals surface area contributed by atoms with Crippen molar-refractivity contribution in [2.45, 2.75) is 13.3 Å². The summed E-state index contributed by atoms with van der Waals surface area (Å²) in [6, 6.07) is 11.4. The smallest absolute Gasteiger partial charge is 0.229 e. The van der Waals surface area contributed by atoms with Crippen LogP contribution in [0.25, 0.3) is 0 Å². The molecule has 1 atom stereocenters. The van der Waals surface area contributed by atoms with Crippen molar-refractivity contribution >= 4 is 39.1 Å². The highest BCUT2D eigenvalue weighted by Gasteiger charge is 2.35. The number of nitrogens with zero attached hydrogens (tertiary/aromatic N) is 1. The summed E-state index contributed by atoms with van der Waals surface area (Å²) in [5.41, 5.74) is 2.23. The zero-order chi connectivity index (χ0) is 17.3. The Kier molecular flexibility index (Phi) is 4.66. The van der Waals surface area contributed by atoms with E-state index >= 15 is 0 Å². The second-order valence-corrected chi connectivity index (χ2v) is 6.71. The molecule has 3 rings (SSSR count). The summed E-state index contributed by atoms with van der Waals surface area (Å²) in [6.07, 6.45) is 0.140. The third kappa shape index (κ3) is 3.48. The number of aryl methyl sites for hydroxylation is 1. The van der Waals surface area contributed by atoms with E-state index in [1.807, 2.05) is 25.1 Å². The van der Waals surface area contributed by atoms with Gasteiger partial charge >= 0.3 is 0 Å². The van der Waals surface area contributed by atoms with Gasteiger partial charge in [0.2, 0.25) is 11.8 Å². The molecule has 0 spiro atoms. The number of hydrogen-bond acceptors (Lipinski definition) is 2. The Morgan fingerprint density at radius 1 is 1.29 bits per heavy atom.